The zero-order valence-corrected chi connectivity index (χ0v) is 14.7. The maximum absolute atomic E-state index is 13.1. The third-order valence-electron chi connectivity index (χ3n) is 5.13. The molecule has 1 aliphatic rings. The monoisotopic (exact) mass is 351 g/mol. The Morgan fingerprint density at radius 1 is 1.42 bits per heavy atom. The maximum atomic E-state index is 13.1. The van der Waals surface area contributed by atoms with Crippen LogP contribution in [0.2, 0.25) is 0 Å². The van der Waals surface area contributed by atoms with E-state index >= 15 is 0 Å². The van der Waals surface area contributed by atoms with Crippen LogP contribution in [-0.2, 0) is 0 Å². The Morgan fingerprint density at radius 2 is 2.23 bits per heavy atom. The quantitative estimate of drug-likeness (QED) is 0.744. The van der Waals surface area contributed by atoms with E-state index in [1.807, 2.05) is 16.8 Å². The van der Waals surface area contributed by atoms with Crippen LogP contribution in [0.5, 0.6) is 0 Å². The molecule has 4 heterocycles. The average Bonchev–Trinajstić information content (AvgIpc) is 3.15. The van der Waals surface area contributed by atoms with Gasteiger partial charge in [0.05, 0.1) is 17.8 Å². The molecule has 1 aliphatic heterocycles. The van der Waals surface area contributed by atoms with Crippen LogP contribution in [0, 0.1) is 11.3 Å². The van der Waals surface area contributed by atoms with Crippen LogP contribution in [0.4, 0.5) is 5.82 Å². The number of piperidine rings is 1. The number of anilines is 1. The highest BCUT2D eigenvalue weighted by molar-refractivity contribution is 6.01. The number of nitriles is 1. The number of fused-ring (bicyclic) bond motifs is 3. The van der Waals surface area contributed by atoms with Crippen LogP contribution in [0.25, 0.3) is 22.1 Å². The van der Waals surface area contributed by atoms with Crippen molar-refractivity contribution in [3.05, 3.63) is 28.8 Å². The van der Waals surface area contributed by atoms with E-state index in [0.717, 1.165) is 49.0 Å². The molecule has 0 radical (unpaired) electrons. The summed E-state index contributed by atoms with van der Waals surface area (Å²) in [6.07, 6.45) is 5.85. The van der Waals surface area contributed by atoms with Gasteiger partial charge in [0.1, 0.15) is 11.2 Å². The Labute approximate surface area is 150 Å². The average molecular weight is 351 g/mol. The van der Waals surface area contributed by atoms with Crippen molar-refractivity contribution in [1.82, 2.24) is 24.4 Å². The number of H-pyrrole nitrogens is 1. The van der Waals surface area contributed by atoms with Crippen molar-refractivity contribution in [2.75, 3.05) is 32.0 Å². The van der Waals surface area contributed by atoms with Crippen molar-refractivity contribution < 1.29 is 0 Å². The first-order valence-corrected chi connectivity index (χ1v) is 8.88. The Balaban J connectivity index is 1.81. The van der Waals surface area contributed by atoms with E-state index < -0.39 is 0 Å². The molecule has 0 atom stereocenters. The Hall–Kier alpha value is -2.92. The van der Waals surface area contributed by atoms with Crippen LogP contribution in [0.15, 0.2) is 23.3 Å². The van der Waals surface area contributed by atoms with Crippen LogP contribution < -0.4 is 10.9 Å². The first kappa shape index (κ1) is 16.5. The first-order valence-electron chi connectivity index (χ1n) is 8.88. The number of nitrogens with zero attached hydrogens (tertiary/aromatic N) is 5. The summed E-state index contributed by atoms with van der Waals surface area (Å²) in [5.74, 6) is 0.348. The van der Waals surface area contributed by atoms with Gasteiger partial charge in [0.25, 0.3) is 5.56 Å². The van der Waals surface area contributed by atoms with E-state index in [-0.39, 0.29) is 11.6 Å². The molecule has 0 aromatic carbocycles. The lowest BCUT2D eigenvalue weighted by atomic mass is 10.0. The fraction of sp³-hybridized carbons (Fsp3) is 0.444. The van der Waals surface area contributed by atoms with Gasteiger partial charge in [0.15, 0.2) is 5.82 Å². The number of likely N-dealkylation sites (tertiary alicyclic amines) is 1. The van der Waals surface area contributed by atoms with Gasteiger partial charge in [-0.05, 0) is 18.9 Å². The minimum atomic E-state index is -0.0934. The summed E-state index contributed by atoms with van der Waals surface area (Å²) in [4.78, 5) is 27.4. The minimum absolute atomic E-state index is 0.0934. The third kappa shape index (κ3) is 2.70. The molecule has 0 spiro atoms. The molecule has 0 saturated carbocycles. The largest absolute Gasteiger partial charge is 0.369 e. The van der Waals surface area contributed by atoms with E-state index in [9.17, 15) is 4.79 Å². The topological polar surface area (TPSA) is 103 Å². The predicted molar refractivity (Wildman–Crippen MR) is 100 cm³/mol. The number of hydrogen-bond donors (Lipinski definition) is 2. The SMILES string of the molecule is CNc1nc2cnc3[nH]ccc3c2n(C2CCN(CCC#N)CC2)c1=O. The summed E-state index contributed by atoms with van der Waals surface area (Å²) >= 11 is 0. The molecule has 0 amide bonds. The van der Waals surface area contributed by atoms with Gasteiger partial charge in [-0.1, -0.05) is 0 Å². The van der Waals surface area contributed by atoms with Gasteiger partial charge in [-0.25, -0.2) is 9.97 Å². The molecule has 1 saturated heterocycles. The summed E-state index contributed by atoms with van der Waals surface area (Å²) in [7, 11) is 1.71. The van der Waals surface area contributed by atoms with Crippen molar-refractivity contribution in [2.45, 2.75) is 25.3 Å². The van der Waals surface area contributed by atoms with Crippen molar-refractivity contribution in [3.8, 4) is 6.07 Å². The fourth-order valence-electron chi connectivity index (χ4n) is 3.82. The summed E-state index contributed by atoms with van der Waals surface area (Å²) in [5, 5.41) is 12.6. The van der Waals surface area contributed by atoms with E-state index in [4.69, 9.17) is 5.26 Å². The molecule has 134 valence electrons. The molecule has 3 aromatic rings. The van der Waals surface area contributed by atoms with E-state index in [1.54, 1.807) is 13.2 Å². The molecule has 0 aliphatic carbocycles. The van der Waals surface area contributed by atoms with Crippen molar-refractivity contribution in [1.29, 1.82) is 5.26 Å². The Bertz CT molecular complexity index is 1040. The molecule has 1 fully saturated rings. The number of pyridine rings is 1. The number of hydrogen-bond acceptors (Lipinski definition) is 6. The number of aromatic amines is 1. The molecule has 0 bridgehead atoms. The summed E-state index contributed by atoms with van der Waals surface area (Å²) in [6.45, 7) is 2.57. The third-order valence-corrected chi connectivity index (χ3v) is 5.13. The first-order chi connectivity index (χ1) is 12.7. The summed E-state index contributed by atoms with van der Waals surface area (Å²) in [5.41, 5.74) is 2.23. The van der Waals surface area contributed by atoms with E-state index in [1.165, 1.54) is 0 Å². The van der Waals surface area contributed by atoms with Crippen LogP contribution in [-0.4, -0.2) is 51.1 Å². The highest BCUT2D eigenvalue weighted by Crippen LogP contribution is 2.28. The van der Waals surface area contributed by atoms with Gasteiger partial charge in [0.2, 0.25) is 0 Å². The molecular formula is C18H21N7O. The normalized spacial score (nSPS) is 16.2. The standard InChI is InChI=1S/C18H21N7O/c1-20-17-18(26)25(12-4-9-24(10-5-12)8-2-6-19)15-13-3-7-21-16(13)22-11-14(15)23-17/h3,7,11-12H,2,4-5,8-10H2,1H3,(H,20,23)(H,21,22). The molecule has 8 heteroatoms. The molecule has 26 heavy (non-hydrogen) atoms. The maximum Gasteiger partial charge on any atom is 0.294 e. The number of nitrogens with one attached hydrogen (secondary N) is 2. The van der Waals surface area contributed by atoms with Crippen LogP contribution in [0.3, 0.4) is 0 Å². The van der Waals surface area contributed by atoms with Gasteiger partial charge in [0, 0.05) is 50.7 Å². The van der Waals surface area contributed by atoms with Crippen molar-refractivity contribution in [3.63, 3.8) is 0 Å². The highest BCUT2D eigenvalue weighted by atomic mass is 16.1. The molecule has 2 N–H and O–H groups in total. The van der Waals surface area contributed by atoms with Crippen molar-refractivity contribution in [2.24, 2.45) is 0 Å². The highest BCUT2D eigenvalue weighted by Gasteiger charge is 2.25. The van der Waals surface area contributed by atoms with Crippen molar-refractivity contribution >= 4 is 27.9 Å². The molecule has 8 nitrogen and oxygen atoms in total. The lowest BCUT2D eigenvalue weighted by Crippen LogP contribution is -2.38. The lowest BCUT2D eigenvalue weighted by molar-refractivity contribution is 0.190. The summed E-state index contributed by atoms with van der Waals surface area (Å²) in [6, 6.07) is 4.26. The predicted octanol–water partition coefficient (Wildman–Crippen LogP) is 1.87. The van der Waals surface area contributed by atoms with Crippen LogP contribution in [0.1, 0.15) is 25.3 Å². The number of rotatable bonds is 4. The Morgan fingerprint density at radius 3 is 2.96 bits per heavy atom. The second-order valence-electron chi connectivity index (χ2n) is 6.60. The second kappa shape index (κ2) is 6.77. The van der Waals surface area contributed by atoms with Gasteiger partial charge in [-0.15, -0.1) is 0 Å². The number of aromatic nitrogens is 4. The van der Waals surface area contributed by atoms with E-state index in [2.05, 4.69) is 31.2 Å². The smallest absolute Gasteiger partial charge is 0.294 e. The molecular weight excluding hydrogens is 330 g/mol. The van der Waals surface area contributed by atoms with Gasteiger partial charge < -0.3 is 15.2 Å². The minimum Gasteiger partial charge on any atom is -0.369 e. The lowest BCUT2D eigenvalue weighted by Gasteiger charge is -2.33. The second-order valence-corrected chi connectivity index (χ2v) is 6.60. The molecule has 3 aromatic heterocycles. The summed E-state index contributed by atoms with van der Waals surface area (Å²) < 4.78 is 1.90. The zero-order valence-electron chi connectivity index (χ0n) is 14.7. The Kier molecular flexibility index (Phi) is 4.31. The van der Waals surface area contributed by atoms with Gasteiger partial charge in [-0.3, -0.25) is 9.36 Å². The van der Waals surface area contributed by atoms with Gasteiger partial charge in [-0.2, -0.15) is 5.26 Å². The zero-order chi connectivity index (χ0) is 18.1. The van der Waals surface area contributed by atoms with Crippen LogP contribution >= 0.6 is 0 Å². The van der Waals surface area contributed by atoms with Gasteiger partial charge >= 0.3 is 0 Å². The molecule has 4 rings (SSSR count). The van der Waals surface area contributed by atoms with E-state index in [0.29, 0.717) is 17.8 Å². The molecule has 0 unspecified atom stereocenters. The fourth-order valence-corrected chi connectivity index (χ4v) is 3.82.